The first-order valence-electron chi connectivity index (χ1n) is 5.28. The Kier molecular flexibility index (Phi) is 3.50. The minimum atomic E-state index is -1.26. The summed E-state index contributed by atoms with van der Waals surface area (Å²) in [6.45, 7) is 5.02. The largest absolute Gasteiger partial charge is 0.478 e. The highest BCUT2D eigenvalue weighted by Gasteiger charge is 2.26. The highest BCUT2D eigenvalue weighted by molar-refractivity contribution is 6.08. The van der Waals surface area contributed by atoms with Gasteiger partial charge in [0.25, 0.3) is 0 Å². The van der Waals surface area contributed by atoms with Crippen LogP contribution in [0.5, 0.6) is 0 Å². The molecule has 1 aromatic carbocycles. The summed E-state index contributed by atoms with van der Waals surface area (Å²) < 4.78 is 5.11. The van der Waals surface area contributed by atoms with Gasteiger partial charge >= 0.3 is 11.9 Å². The fourth-order valence-electron chi connectivity index (χ4n) is 1.36. The van der Waals surface area contributed by atoms with Crippen molar-refractivity contribution in [2.24, 2.45) is 0 Å². The van der Waals surface area contributed by atoms with Gasteiger partial charge in [0.05, 0.1) is 22.5 Å². The van der Waals surface area contributed by atoms with Crippen molar-refractivity contribution >= 4 is 23.3 Å². The zero-order chi connectivity index (χ0) is 14.1. The van der Waals surface area contributed by atoms with Crippen LogP contribution in [0.2, 0.25) is 0 Å². The molecule has 0 spiro atoms. The lowest BCUT2D eigenvalue weighted by molar-refractivity contribution is 0.00672. The summed E-state index contributed by atoms with van der Waals surface area (Å²) in [4.78, 5) is 23.0. The molecule has 0 bridgehead atoms. The minimum absolute atomic E-state index is 0.0795. The van der Waals surface area contributed by atoms with Crippen LogP contribution in [-0.2, 0) is 4.74 Å². The third-order valence-corrected chi connectivity index (χ3v) is 2.11. The summed E-state index contributed by atoms with van der Waals surface area (Å²) in [5.74, 6) is -2.06. The van der Waals surface area contributed by atoms with E-state index in [9.17, 15) is 9.59 Å². The number of ether oxygens (including phenoxy) is 1. The SMILES string of the molecule is CC(C)(C)OC(=O)c1c(C(=O)O)ccc(N)c1N. The number of carbonyl (C=O) groups is 2. The maximum atomic E-state index is 11.9. The van der Waals surface area contributed by atoms with Crippen LogP contribution in [0.1, 0.15) is 41.5 Å². The molecule has 6 nitrogen and oxygen atoms in total. The molecule has 5 N–H and O–H groups in total. The highest BCUT2D eigenvalue weighted by Crippen LogP contribution is 2.26. The maximum Gasteiger partial charge on any atom is 0.341 e. The van der Waals surface area contributed by atoms with Crippen molar-refractivity contribution in [2.45, 2.75) is 26.4 Å². The number of carbonyl (C=O) groups excluding carboxylic acids is 1. The predicted octanol–water partition coefficient (Wildman–Crippen LogP) is 1.50. The second kappa shape index (κ2) is 4.56. The van der Waals surface area contributed by atoms with Crippen molar-refractivity contribution in [1.82, 2.24) is 0 Å². The summed E-state index contributed by atoms with van der Waals surface area (Å²) in [6.07, 6.45) is 0. The Morgan fingerprint density at radius 3 is 2.22 bits per heavy atom. The van der Waals surface area contributed by atoms with Gasteiger partial charge in [0.1, 0.15) is 5.60 Å². The van der Waals surface area contributed by atoms with Gasteiger partial charge in [-0.15, -0.1) is 0 Å². The Labute approximate surface area is 105 Å². The lowest BCUT2D eigenvalue weighted by Gasteiger charge is -2.21. The third kappa shape index (κ3) is 2.91. The summed E-state index contributed by atoms with van der Waals surface area (Å²) in [5.41, 5.74) is 10.1. The van der Waals surface area contributed by atoms with Gasteiger partial charge in [-0.1, -0.05) is 0 Å². The topological polar surface area (TPSA) is 116 Å². The number of carboxylic acids is 1. The van der Waals surface area contributed by atoms with Gasteiger partial charge in [0.2, 0.25) is 0 Å². The number of esters is 1. The van der Waals surface area contributed by atoms with Crippen molar-refractivity contribution in [2.75, 3.05) is 11.5 Å². The first kappa shape index (κ1) is 13.8. The molecular weight excluding hydrogens is 236 g/mol. The number of rotatable bonds is 2. The lowest BCUT2D eigenvalue weighted by atomic mass is 10.0. The van der Waals surface area contributed by atoms with Crippen LogP contribution in [0, 0.1) is 0 Å². The molecule has 0 amide bonds. The number of aromatic carboxylic acids is 1. The van der Waals surface area contributed by atoms with Crippen LogP contribution in [-0.4, -0.2) is 22.6 Å². The molecule has 0 aliphatic rings. The van der Waals surface area contributed by atoms with Gasteiger partial charge in [-0.25, -0.2) is 9.59 Å². The van der Waals surface area contributed by atoms with E-state index in [0.717, 1.165) is 0 Å². The van der Waals surface area contributed by atoms with E-state index in [-0.39, 0.29) is 22.5 Å². The predicted molar refractivity (Wildman–Crippen MR) is 67.4 cm³/mol. The van der Waals surface area contributed by atoms with Gasteiger partial charge in [0.15, 0.2) is 0 Å². The van der Waals surface area contributed by atoms with Crippen LogP contribution in [0.25, 0.3) is 0 Å². The molecule has 0 radical (unpaired) electrons. The Hall–Kier alpha value is -2.24. The van der Waals surface area contributed by atoms with Gasteiger partial charge in [-0.3, -0.25) is 0 Å². The average molecular weight is 252 g/mol. The summed E-state index contributed by atoms with van der Waals surface area (Å²) >= 11 is 0. The Morgan fingerprint density at radius 1 is 1.22 bits per heavy atom. The summed E-state index contributed by atoms with van der Waals surface area (Å²) in [5, 5.41) is 9.02. The third-order valence-electron chi connectivity index (χ3n) is 2.11. The van der Waals surface area contributed by atoms with E-state index in [2.05, 4.69) is 0 Å². The number of benzene rings is 1. The standard InChI is InChI=1S/C12H16N2O4/c1-12(2,3)18-11(17)8-6(10(15)16)4-5-7(13)9(8)14/h4-5H,13-14H2,1-3H3,(H,15,16). The zero-order valence-electron chi connectivity index (χ0n) is 10.5. The summed E-state index contributed by atoms with van der Waals surface area (Å²) in [6, 6.07) is 2.57. The normalized spacial score (nSPS) is 11.1. The van der Waals surface area contributed by atoms with Crippen LogP contribution < -0.4 is 11.5 Å². The van der Waals surface area contributed by atoms with E-state index in [1.165, 1.54) is 12.1 Å². The second-order valence-electron chi connectivity index (χ2n) is 4.80. The molecule has 0 fully saturated rings. The van der Waals surface area contributed by atoms with Crippen LogP contribution in [0.4, 0.5) is 11.4 Å². The molecule has 0 heterocycles. The molecule has 0 saturated carbocycles. The molecule has 1 rings (SSSR count). The fourth-order valence-corrected chi connectivity index (χ4v) is 1.36. The van der Waals surface area contributed by atoms with E-state index in [1.807, 2.05) is 0 Å². The molecule has 0 aromatic heterocycles. The zero-order valence-corrected chi connectivity index (χ0v) is 10.5. The van der Waals surface area contributed by atoms with Crippen molar-refractivity contribution < 1.29 is 19.4 Å². The van der Waals surface area contributed by atoms with E-state index in [1.54, 1.807) is 20.8 Å². The second-order valence-corrected chi connectivity index (χ2v) is 4.80. The molecule has 0 aliphatic heterocycles. The first-order chi connectivity index (χ1) is 8.13. The molecule has 0 atom stereocenters. The van der Waals surface area contributed by atoms with E-state index in [0.29, 0.717) is 0 Å². The summed E-state index contributed by atoms with van der Waals surface area (Å²) in [7, 11) is 0. The number of anilines is 2. The molecule has 0 saturated heterocycles. The minimum Gasteiger partial charge on any atom is -0.478 e. The smallest absolute Gasteiger partial charge is 0.341 e. The first-order valence-corrected chi connectivity index (χ1v) is 5.28. The molecule has 6 heteroatoms. The fraction of sp³-hybridized carbons (Fsp3) is 0.333. The molecule has 0 aliphatic carbocycles. The van der Waals surface area contributed by atoms with Crippen LogP contribution in [0.3, 0.4) is 0 Å². The molecule has 1 aromatic rings. The molecule has 18 heavy (non-hydrogen) atoms. The van der Waals surface area contributed by atoms with E-state index < -0.39 is 17.5 Å². The van der Waals surface area contributed by atoms with E-state index >= 15 is 0 Å². The Morgan fingerprint density at radius 2 is 1.78 bits per heavy atom. The van der Waals surface area contributed by atoms with Crippen molar-refractivity contribution in [3.63, 3.8) is 0 Å². The lowest BCUT2D eigenvalue weighted by Crippen LogP contribution is -2.26. The van der Waals surface area contributed by atoms with Crippen LogP contribution >= 0.6 is 0 Å². The highest BCUT2D eigenvalue weighted by atomic mass is 16.6. The van der Waals surface area contributed by atoms with Crippen LogP contribution in [0.15, 0.2) is 12.1 Å². The Balaban J connectivity index is 3.33. The number of carboxylic acid groups (broad SMARTS) is 1. The average Bonchev–Trinajstić information content (AvgIpc) is 2.18. The van der Waals surface area contributed by atoms with Gasteiger partial charge in [-0.2, -0.15) is 0 Å². The van der Waals surface area contributed by atoms with Gasteiger partial charge in [0, 0.05) is 0 Å². The number of nitrogens with two attached hydrogens (primary N) is 2. The maximum absolute atomic E-state index is 11.9. The van der Waals surface area contributed by atoms with E-state index in [4.69, 9.17) is 21.3 Å². The monoisotopic (exact) mass is 252 g/mol. The van der Waals surface area contributed by atoms with Crippen molar-refractivity contribution in [1.29, 1.82) is 0 Å². The van der Waals surface area contributed by atoms with Gasteiger partial charge < -0.3 is 21.3 Å². The molecule has 98 valence electrons. The number of hydrogen-bond acceptors (Lipinski definition) is 5. The molecular formula is C12H16N2O4. The number of nitrogen functional groups attached to an aromatic ring is 2. The Bertz CT molecular complexity index is 504. The number of hydrogen-bond donors (Lipinski definition) is 3. The van der Waals surface area contributed by atoms with Gasteiger partial charge in [-0.05, 0) is 32.9 Å². The van der Waals surface area contributed by atoms with Crippen molar-refractivity contribution in [3.05, 3.63) is 23.3 Å². The quantitative estimate of drug-likeness (QED) is 0.542. The van der Waals surface area contributed by atoms with Crippen molar-refractivity contribution in [3.8, 4) is 0 Å². The molecule has 0 unspecified atom stereocenters.